The molecule has 1 aromatic heterocycles. The average molecular weight is 472 g/mol. The number of rotatable bonds is 6. The molecule has 0 aliphatic carbocycles. The molecule has 3 aromatic rings. The summed E-state index contributed by atoms with van der Waals surface area (Å²) in [4.78, 5) is 32.1. The van der Waals surface area contributed by atoms with Crippen molar-refractivity contribution in [3.63, 3.8) is 0 Å². The monoisotopic (exact) mass is 472 g/mol. The number of hydrogen-bond donors (Lipinski definition) is 1. The van der Waals surface area contributed by atoms with Gasteiger partial charge in [-0.3, -0.25) is 14.6 Å². The Morgan fingerprint density at radius 1 is 1.06 bits per heavy atom. The van der Waals surface area contributed by atoms with Crippen LogP contribution in [-0.4, -0.2) is 46.5 Å². The van der Waals surface area contributed by atoms with Crippen LogP contribution < -0.4 is 14.2 Å². The van der Waals surface area contributed by atoms with Gasteiger partial charge in [0.25, 0.3) is 11.7 Å². The fraction of sp³-hybridized carbons (Fsp3) is 0.222. The minimum absolute atomic E-state index is 0.00659. The van der Waals surface area contributed by atoms with Gasteiger partial charge in [0.2, 0.25) is 0 Å². The van der Waals surface area contributed by atoms with Gasteiger partial charge < -0.3 is 24.2 Å². The first-order valence-corrected chi connectivity index (χ1v) is 11.4. The summed E-state index contributed by atoms with van der Waals surface area (Å²) in [7, 11) is 0. The lowest BCUT2D eigenvalue weighted by Crippen LogP contribution is -2.29. The van der Waals surface area contributed by atoms with Gasteiger partial charge >= 0.3 is 0 Å². The van der Waals surface area contributed by atoms with Crippen molar-refractivity contribution in [2.45, 2.75) is 19.5 Å². The molecule has 1 atom stereocenters. The fourth-order valence-electron chi connectivity index (χ4n) is 4.39. The maximum absolute atomic E-state index is 13.3. The molecular weight excluding hydrogens is 448 g/mol. The van der Waals surface area contributed by atoms with Gasteiger partial charge in [-0.2, -0.15) is 0 Å². The number of benzene rings is 2. The molecule has 1 unspecified atom stereocenters. The van der Waals surface area contributed by atoms with Crippen molar-refractivity contribution in [2.75, 3.05) is 19.8 Å². The van der Waals surface area contributed by atoms with Crippen LogP contribution in [0.15, 0.2) is 72.6 Å². The number of aliphatic hydroxyl groups excluding tert-OH is 1. The maximum Gasteiger partial charge on any atom is 0.295 e. The number of nitrogens with zero attached hydrogens (tertiary/aromatic N) is 2. The van der Waals surface area contributed by atoms with Crippen molar-refractivity contribution in [1.82, 2.24) is 9.88 Å². The maximum atomic E-state index is 13.3. The standard InChI is InChI=1S/C27H24N2O6/c1-2-33-20-6-4-3-5-19(20)24-23(25(30)18-7-8-21-22(15-18)35-14-13-34-21)26(31)27(32)29(24)16-17-9-11-28-12-10-17/h3-12,15,24,30H,2,13-14,16H2,1H3. The van der Waals surface area contributed by atoms with E-state index in [9.17, 15) is 14.7 Å². The van der Waals surface area contributed by atoms with Crippen molar-refractivity contribution in [2.24, 2.45) is 0 Å². The van der Waals surface area contributed by atoms with Crippen LogP contribution in [0.3, 0.4) is 0 Å². The molecule has 5 rings (SSSR count). The van der Waals surface area contributed by atoms with E-state index in [0.717, 1.165) is 5.56 Å². The number of amides is 1. The summed E-state index contributed by atoms with van der Waals surface area (Å²) in [6.07, 6.45) is 3.26. The number of aromatic nitrogens is 1. The SMILES string of the molecule is CCOc1ccccc1C1C(=C(O)c2ccc3c(c2)OCCO3)C(=O)C(=O)N1Cc1ccncc1. The molecule has 1 saturated heterocycles. The molecule has 1 N–H and O–H groups in total. The van der Waals surface area contributed by atoms with Gasteiger partial charge in [0, 0.05) is 30.1 Å². The Hall–Kier alpha value is -4.33. The second-order valence-electron chi connectivity index (χ2n) is 8.11. The van der Waals surface area contributed by atoms with Crippen LogP contribution in [0.25, 0.3) is 5.76 Å². The smallest absolute Gasteiger partial charge is 0.295 e. The second kappa shape index (κ2) is 9.50. The zero-order chi connectivity index (χ0) is 24.4. The van der Waals surface area contributed by atoms with Gasteiger partial charge in [-0.15, -0.1) is 0 Å². The van der Waals surface area contributed by atoms with Crippen LogP contribution in [0.5, 0.6) is 17.2 Å². The van der Waals surface area contributed by atoms with Crippen molar-refractivity contribution < 1.29 is 28.9 Å². The van der Waals surface area contributed by atoms with E-state index in [1.165, 1.54) is 4.90 Å². The van der Waals surface area contributed by atoms with E-state index >= 15 is 0 Å². The zero-order valence-corrected chi connectivity index (χ0v) is 19.1. The molecule has 2 aliphatic rings. The number of para-hydroxylation sites is 1. The number of hydrogen-bond acceptors (Lipinski definition) is 7. The average Bonchev–Trinajstić information content (AvgIpc) is 3.14. The molecule has 0 spiro atoms. The van der Waals surface area contributed by atoms with Gasteiger partial charge in [-0.05, 0) is 48.9 Å². The summed E-state index contributed by atoms with van der Waals surface area (Å²) in [6.45, 7) is 3.25. The summed E-state index contributed by atoms with van der Waals surface area (Å²) >= 11 is 0. The van der Waals surface area contributed by atoms with Crippen molar-refractivity contribution in [3.05, 3.63) is 89.3 Å². The molecule has 0 bridgehead atoms. The molecule has 2 aliphatic heterocycles. The minimum atomic E-state index is -0.848. The van der Waals surface area contributed by atoms with Crippen molar-refractivity contribution in [1.29, 1.82) is 0 Å². The molecular formula is C27H24N2O6. The van der Waals surface area contributed by atoms with E-state index in [1.807, 2.05) is 19.1 Å². The Balaban J connectivity index is 1.66. The zero-order valence-electron chi connectivity index (χ0n) is 19.1. The summed E-state index contributed by atoms with van der Waals surface area (Å²) in [6, 6.07) is 14.9. The van der Waals surface area contributed by atoms with Crippen LogP contribution in [0.4, 0.5) is 0 Å². The highest BCUT2D eigenvalue weighted by Gasteiger charge is 2.47. The molecule has 1 fully saturated rings. The quantitative estimate of drug-likeness (QED) is 0.330. The molecule has 8 heteroatoms. The van der Waals surface area contributed by atoms with Gasteiger partial charge in [0.05, 0.1) is 18.2 Å². The van der Waals surface area contributed by atoms with Gasteiger partial charge in [-0.1, -0.05) is 18.2 Å². The minimum Gasteiger partial charge on any atom is -0.507 e. The van der Waals surface area contributed by atoms with Crippen LogP contribution in [0.2, 0.25) is 0 Å². The van der Waals surface area contributed by atoms with Gasteiger partial charge in [-0.25, -0.2) is 0 Å². The summed E-state index contributed by atoms with van der Waals surface area (Å²) in [5.41, 5.74) is 1.77. The van der Waals surface area contributed by atoms with Crippen LogP contribution in [0.1, 0.15) is 29.7 Å². The van der Waals surface area contributed by atoms with E-state index in [-0.39, 0.29) is 17.9 Å². The first-order valence-electron chi connectivity index (χ1n) is 11.4. The predicted octanol–water partition coefficient (Wildman–Crippen LogP) is 3.87. The Kier molecular flexibility index (Phi) is 6.10. The van der Waals surface area contributed by atoms with Gasteiger partial charge in [0.1, 0.15) is 24.7 Å². The third kappa shape index (κ3) is 4.19. The molecule has 2 aromatic carbocycles. The number of carbonyl (C=O) groups is 2. The Bertz CT molecular complexity index is 1300. The number of likely N-dealkylation sites (tertiary alicyclic amines) is 1. The normalized spacial score (nSPS) is 18.5. The molecule has 8 nitrogen and oxygen atoms in total. The fourth-order valence-corrected chi connectivity index (χ4v) is 4.39. The first kappa shape index (κ1) is 22.5. The predicted molar refractivity (Wildman–Crippen MR) is 127 cm³/mol. The van der Waals surface area contributed by atoms with Crippen LogP contribution in [-0.2, 0) is 16.1 Å². The topological polar surface area (TPSA) is 98.2 Å². The lowest BCUT2D eigenvalue weighted by Gasteiger charge is -2.27. The summed E-state index contributed by atoms with van der Waals surface area (Å²) < 4.78 is 17.0. The molecule has 0 radical (unpaired) electrons. The number of Topliss-reactive ketones (excluding diaryl/α,β-unsaturated/α-hetero) is 1. The second-order valence-corrected chi connectivity index (χ2v) is 8.11. The molecule has 35 heavy (non-hydrogen) atoms. The highest BCUT2D eigenvalue weighted by Crippen LogP contribution is 2.44. The van der Waals surface area contributed by atoms with E-state index < -0.39 is 17.7 Å². The van der Waals surface area contributed by atoms with Gasteiger partial charge in [0.15, 0.2) is 11.5 Å². The lowest BCUT2D eigenvalue weighted by molar-refractivity contribution is -0.140. The third-order valence-corrected chi connectivity index (χ3v) is 5.97. The van der Waals surface area contributed by atoms with E-state index in [1.54, 1.807) is 54.9 Å². The highest BCUT2D eigenvalue weighted by atomic mass is 16.6. The molecule has 3 heterocycles. The summed E-state index contributed by atoms with van der Waals surface area (Å²) in [5.74, 6) is -0.176. The lowest BCUT2D eigenvalue weighted by atomic mass is 9.94. The van der Waals surface area contributed by atoms with Crippen LogP contribution in [0, 0.1) is 0 Å². The van der Waals surface area contributed by atoms with Crippen LogP contribution >= 0.6 is 0 Å². The molecule has 178 valence electrons. The van der Waals surface area contributed by atoms with Crippen molar-refractivity contribution in [3.8, 4) is 17.2 Å². The number of aliphatic hydroxyl groups is 1. The highest BCUT2D eigenvalue weighted by molar-refractivity contribution is 6.46. The largest absolute Gasteiger partial charge is 0.507 e. The number of fused-ring (bicyclic) bond motifs is 1. The van der Waals surface area contributed by atoms with Crippen molar-refractivity contribution >= 4 is 17.4 Å². The van der Waals surface area contributed by atoms with E-state index in [0.29, 0.717) is 48.2 Å². The Morgan fingerprint density at radius 3 is 2.57 bits per heavy atom. The summed E-state index contributed by atoms with van der Waals surface area (Å²) in [5, 5.41) is 11.4. The first-order chi connectivity index (χ1) is 17.1. The number of pyridine rings is 1. The number of ketones is 1. The molecule has 0 saturated carbocycles. The van der Waals surface area contributed by atoms with E-state index in [4.69, 9.17) is 14.2 Å². The number of ether oxygens (including phenoxy) is 3. The Morgan fingerprint density at radius 2 is 1.80 bits per heavy atom. The van der Waals surface area contributed by atoms with E-state index in [2.05, 4.69) is 4.98 Å². The third-order valence-electron chi connectivity index (χ3n) is 5.97. The molecule has 1 amide bonds. The number of carbonyl (C=O) groups excluding carboxylic acids is 2. The Labute approximate surface area is 202 Å².